The highest BCUT2D eigenvalue weighted by Crippen LogP contribution is 2.52. The van der Waals surface area contributed by atoms with Crippen molar-refractivity contribution in [3.05, 3.63) is 163 Å². The summed E-state index contributed by atoms with van der Waals surface area (Å²) in [6.07, 6.45) is 3.77. The lowest BCUT2D eigenvalue weighted by molar-refractivity contribution is 1.31. The summed E-state index contributed by atoms with van der Waals surface area (Å²) in [7, 11) is 0. The Balaban J connectivity index is 1.39. The Morgan fingerprint density at radius 1 is 0.500 bits per heavy atom. The fraction of sp³-hybridized carbons (Fsp3) is 0. The predicted molar refractivity (Wildman–Crippen MR) is 215 cm³/mol. The molecule has 2 heterocycles. The number of thiophene rings is 2. The van der Waals surface area contributed by atoms with Gasteiger partial charge in [-0.1, -0.05) is 122 Å². The molecule has 9 aromatic rings. The highest BCUT2D eigenvalue weighted by Gasteiger charge is 2.23. The molecule has 0 saturated carbocycles. The number of fused-ring (bicyclic) bond motifs is 7. The van der Waals surface area contributed by atoms with E-state index < -0.39 is 0 Å². The summed E-state index contributed by atoms with van der Waals surface area (Å²) in [5.74, 6) is 0. The van der Waals surface area contributed by atoms with E-state index in [1.54, 1.807) is 0 Å². The fourth-order valence-electron chi connectivity index (χ4n) is 6.93. The lowest BCUT2D eigenvalue weighted by atomic mass is 9.98. The van der Waals surface area contributed by atoms with Gasteiger partial charge in [0.15, 0.2) is 0 Å². The molecule has 0 radical (unpaired) electrons. The highest BCUT2D eigenvalue weighted by molar-refractivity contribution is 7.28. The maximum absolute atomic E-state index is 7.01. The van der Waals surface area contributed by atoms with Crippen LogP contribution in [-0.2, 0) is 0 Å². The fourth-order valence-corrected chi connectivity index (χ4v) is 9.71. The zero-order valence-electron chi connectivity index (χ0n) is 25.9. The minimum atomic E-state index is 0.738. The highest BCUT2D eigenvalue weighted by atomic mass is 35.5. The van der Waals surface area contributed by atoms with Crippen LogP contribution in [0.5, 0.6) is 0 Å². The number of anilines is 3. The van der Waals surface area contributed by atoms with Gasteiger partial charge in [-0.05, 0) is 65.0 Å². The molecule has 2 aromatic heterocycles. The lowest BCUT2D eigenvalue weighted by Gasteiger charge is -2.28. The van der Waals surface area contributed by atoms with Gasteiger partial charge in [-0.3, -0.25) is 0 Å². The Hall–Kier alpha value is -5.19. The summed E-state index contributed by atoms with van der Waals surface area (Å²) in [6, 6.07) is 47.9. The van der Waals surface area contributed by atoms with Crippen LogP contribution in [-0.4, -0.2) is 0 Å². The van der Waals surface area contributed by atoms with Crippen LogP contribution in [0.3, 0.4) is 0 Å². The van der Waals surface area contributed by atoms with Crippen molar-refractivity contribution in [1.82, 2.24) is 0 Å². The molecule has 0 fully saturated rings. The zero-order valence-corrected chi connectivity index (χ0v) is 28.3. The van der Waals surface area contributed by atoms with E-state index in [1.807, 2.05) is 34.8 Å². The molecule has 9 rings (SSSR count). The van der Waals surface area contributed by atoms with E-state index in [-0.39, 0.29) is 0 Å². The van der Waals surface area contributed by atoms with Gasteiger partial charge in [-0.2, -0.15) is 0 Å². The summed E-state index contributed by atoms with van der Waals surface area (Å²) in [5.41, 5.74) is 7.87. The number of hydrogen-bond donors (Lipinski definition) is 0. The summed E-state index contributed by atoms with van der Waals surface area (Å²) < 4.78 is 5.04. The quantitative estimate of drug-likeness (QED) is 0.170. The molecule has 0 atom stereocenters. The minimum absolute atomic E-state index is 0.738. The third-order valence-corrected chi connectivity index (χ3v) is 11.9. The van der Waals surface area contributed by atoms with E-state index >= 15 is 0 Å². The first kappa shape index (κ1) is 29.0. The maximum Gasteiger partial charge on any atom is 0.0718 e. The Kier molecular flexibility index (Phi) is 6.95. The molecular weight excluding hydrogens is 642 g/mol. The summed E-state index contributed by atoms with van der Waals surface area (Å²) in [5, 5.41) is 8.06. The molecule has 0 bridgehead atoms. The second-order valence-corrected chi connectivity index (χ2v) is 14.5. The molecular formula is C44H28ClNS2. The second-order valence-electron chi connectivity index (χ2n) is 12.0. The van der Waals surface area contributed by atoms with Gasteiger partial charge in [0.05, 0.1) is 10.4 Å². The van der Waals surface area contributed by atoms with Crippen LogP contribution in [0.1, 0.15) is 11.1 Å². The average molecular weight is 670 g/mol. The Labute approximate surface area is 291 Å². The topological polar surface area (TPSA) is 3.24 Å². The van der Waals surface area contributed by atoms with Gasteiger partial charge in [-0.15, -0.1) is 22.7 Å². The van der Waals surface area contributed by atoms with Crippen molar-refractivity contribution in [2.75, 3.05) is 4.90 Å². The van der Waals surface area contributed by atoms with Crippen LogP contribution in [0.4, 0.5) is 17.1 Å². The maximum atomic E-state index is 7.01. The third kappa shape index (κ3) is 4.58. The molecule has 0 aliphatic heterocycles. The van der Waals surface area contributed by atoms with Crippen LogP contribution in [0.15, 0.2) is 147 Å². The van der Waals surface area contributed by atoms with Gasteiger partial charge >= 0.3 is 0 Å². The minimum Gasteiger partial charge on any atom is -0.308 e. The second kappa shape index (κ2) is 11.5. The molecule has 0 amide bonds. The summed E-state index contributed by atoms with van der Waals surface area (Å²) >= 11 is 10.7. The summed E-state index contributed by atoms with van der Waals surface area (Å²) in [6.45, 7) is 7.97. The van der Waals surface area contributed by atoms with Crippen molar-refractivity contribution in [3.63, 3.8) is 0 Å². The van der Waals surface area contributed by atoms with E-state index in [2.05, 4.69) is 152 Å². The number of nitrogens with zero attached hydrogens (tertiary/aromatic N) is 1. The third-order valence-electron chi connectivity index (χ3n) is 9.22. The first-order valence-corrected chi connectivity index (χ1v) is 17.9. The first-order valence-electron chi connectivity index (χ1n) is 15.8. The molecule has 0 aliphatic carbocycles. The largest absolute Gasteiger partial charge is 0.308 e. The van der Waals surface area contributed by atoms with E-state index in [4.69, 9.17) is 11.6 Å². The van der Waals surface area contributed by atoms with Crippen LogP contribution in [0, 0.1) is 0 Å². The van der Waals surface area contributed by atoms with Crippen molar-refractivity contribution in [1.29, 1.82) is 0 Å². The van der Waals surface area contributed by atoms with Crippen LogP contribution in [0.25, 0.3) is 74.4 Å². The molecule has 0 unspecified atom stereocenters. The molecule has 0 N–H and O–H groups in total. The van der Waals surface area contributed by atoms with Gasteiger partial charge in [0.25, 0.3) is 0 Å². The lowest BCUT2D eigenvalue weighted by Crippen LogP contribution is -2.10. The number of halogens is 1. The van der Waals surface area contributed by atoms with Crippen molar-refractivity contribution >= 4 is 115 Å². The monoisotopic (exact) mass is 669 g/mol. The molecule has 228 valence electrons. The Morgan fingerprint density at radius 3 is 1.81 bits per heavy atom. The molecule has 48 heavy (non-hydrogen) atoms. The van der Waals surface area contributed by atoms with Crippen molar-refractivity contribution in [3.8, 4) is 11.1 Å². The van der Waals surface area contributed by atoms with Crippen LogP contribution >= 0.6 is 34.3 Å². The van der Waals surface area contributed by atoms with Gasteiger partial charge < -0.3 is 4.90 Å². The van der Waals surface area contributed by atoms with Gasteiger partial charge in [0.2, 0.25) is 0 Å². The number of hydrogen-bond acceptors (Lipinski definition) is 3. The molecule has 7 aromatic carbocycles. The normalized spacial score (nSPS) is 11.6. The van der Waals surface area contributed by atoms with E-state index in [9.17, 15) is 0 Å². The van der Waals surface area contributed by atoms with E-state index in [1.165, 1.54) is 62.2 Å². The van der Waals surface area contributed by atoms with Crippen molar-refractivity contribution in [2.24, 2.45) is 0 Å². The van der Waals surface area contributed by atoms with E-state index in [0.29, 0.717) is 0 Å². The molecule has 0 saturated heterocycles. The number of rotatable bonds is 6. The SMILES string of the molecule is C=Cc1ccc(N(c2ccc(C=C)cc2)c2c3ccccc3cc3c2sc2c(-c4cccc5c4sc4ccccc45)cc(Cl)cc23)cc1. The zero-order chi connectivity index (χ0) is 32.4. The smallest absolute Gasteiger partial charge is 0.0718 e. The van der Waals surface area contributed by atoms with Gasteiger partial charge in [-0.25, -0.2) is 0 Å². The van der Waals surface area contributed by atoms with Crippen molar-refractivity contribution < 1.29 is 0 Å². The summed E-state index contributed by atoms with van der Waals surface area (Å²) in [4.78, 5) is 2.40. The molecule has 0 aliphatic rings. The van der Waals surface area contributed by atoms with Crippen LogP contribution < -0.4 is 4.90 Å². The Bertz CT molecular complexity index is 2660. The number of benzene rings is 7. The average Bonchev–Trinajstić information content (AvgIpc) is 3.70. The molecule has 1 nitrogen and oxygen atoms in total. The van der Waals surface area contributed by atoms with Crippen LogP contribution in [0.2, 0.25) is 5.02 Å². The molecule has 4 heteroatoms. The van der Waals surface area contributed by atoms with Gasteiger partial charge in [0.1, 0.15) is 0 Å². The van der Waals surface area contributed by atoms with Gasteiger partial charge in [0, 0.05) is 68.6 Å². The standard InChI is InChI=1S/C44H28ClNS2/c1-3-27-16-20-31(21-17-27)46(32-22-18-28(4-2)19-23-32)41-33-11-6-5-10-29(33)24-37-39-26-30(45)25-38(43(39)48-44(37)41)36-14-9-13-35-34-12-7-8-15-40(34)47-42(35)36/h3-26H,1-2H2. The Morgan fingerprint density at radius 2 is 1.10 bits per heavy atom. The van der Waals surface area contributed by atoms with E-state index in [0.717, 1.165) is 33.2 Å². The predicted octanol–water partition coefficient (Wildman–Crippen LogP) is 14.7. The van der Waals surface area contributed by atoms with Crippen molar-refractivity contribution in [2.45, 2.75) is 0 Å². The molecule has 0 spiro atoms. The first-order chi connectivity index (χ1) is 23.6.